The Morgan fingerprint density at radius 2 is 1.72 bits per heavy atom. The third-order valence-electron chi connectivity index (χ3n) is 4.44. The molecule has 156 valence electrons. The summed E-state index contributed by atoms with van der Waals surface area (Å²) in [6, 6.07) is 14.0. The highest BCUT2D eigenvalue weighted by molar-refractivity contribution is 6.30. The number of nitrogens with zero attached hydrogens (tertiary/aromatic N) is 1. The summed E-state index contributed by atoms with van der Waals surface area (Å²) < 4.78 is 5.62. The van der Waals surface area contributed by atoms with Crippen LogP contribution in [0.4, 0.5) is 0 Å². The predicted molar refractivity (Wildman–Crippen MR) is 116 cm³/mol. The van der Waals surface area contributed by atoms with Gasteiger partial charge in [0.15, 0.2) is 6.61 Å². The molecular formula is C23H29ClN2O3. The van der Waals surface area contributed by atoms with Crippen molar-refractivity contribution < 1.29 is 14.3 Å². The lowest BCUT2D eigenvalue weighted by Gasteiger charge is -2.31. The zero-order valence-corrected chi connectivity index (χ0v) is 18.4. The fourth-order valence-electron chi connectivity index (χ4n) is 2.79. The van der Waals surface area contributed by atoms with Gasteiger partial charge in [0.1, 0.15) is 11.8 Å². The lowest BCUT2D eigenvalue weighted by Crippen LogP contribution is -2.53. The number of carbonyl (C=O) groups is 2. The molecule has 0 aromatic heterocycles. The Kier molecular flexibility index (Phi) is 7.68. The Hall–Kier alpha value is -2.53. The number of aryl methyl sites for hydroxylation is 1. The van der Waals surface area contributed by atoms with Crippen molar-refractivity contribution >= 4 is 23.4 Å². The maximum absolute atomic E-state index is 13.0. The molecule has 1 N–H and O–H groups in total. The number of halogens is 1. The molecule has 0 aliphatic carbocycles. The second-order valence-electron chi connectivity index (χ2n) is 8.11. The van der Waals surface area contributed by atoms with Gasteiger partial charge in [-0.3, -0.25) is 9.59 Å². The molecule has 0 saturated carbocycles. The molecule has 0 radical (unpaired) electrons. The van der Waals surface area contributed by atoms with Crippen molar-refractivity contribution in [3.8, 4) is 5.75 Å². The molecule has 29 heavy (non-hydrogen) atoms. The van der Waals surface area contributed by atoms with Crippen LogP contribution in [0, 0.1) is 6.92 Å². The largest absolute Gasteiger partial charge is 0.484 e. The number of rotatable bonds is 7. The van der Waals surface area contributed by atoms with E-state index in [0.29, 0.717) is 17.3 Å². The lowest BCUT2D eigenvalue weighted by molar-refractivity contribution is -0.142. The maximum Gasteiger partial charge on any atom is 0.261 e. The molecule has 0 saturated heterocycles. The number of nitrogens with one attached hydrogen (secondary N) is 1. The molecule has 2 rings (SSSR count). The Morgan fingerprint density at radius 3 is 2.31 bits per heavy atom. The first kappa shape index (κ1) is 22.8. The standard InChI is InChI=1S/C23H29ClN2O3/c1-16-8-6-7-9-18(16)14-26(17(2)22(28)25-23(3,4)5)21(27)15-29-20-12-10-19(24)11-13-20/h6-13,17H,14-15H2,1-5H3,(H,25,28). The summed E-state index contributed by atoms with van der Waals surface area (Å²) >= 11 is 5.88. The van der Waals surface area contributed by atoms with E-state index in [2.05, 4.69) is 5.32 Å². The summed E-state index contributed by atoms with van der Waals surface area (Å²) in [4.78, 5) is 27.3. The molecule has 0 aliphatic heterocycles. The highest BCUT2D eigenvalue weighted by Crippen LogP contribution is 2.17. The molecule has 0 fully saturated rings. The smallest absolute Gasteiger partial charge is 0.261 e. The molecule has 2 aromatic rings. The van der Waals surface area contributed by atoms with E-state index in [1.54, 1.807) is 36.1 Å². The van der Waals surface area contributed by atoms with Gasteiger partial charge in [0.05, 0.1) is 0 Å². The van der Waals surface area contributed by atoms with Gasteiger partial charge in [0.2, 0.25) is 5.91 Å². The maximum atomic E-state index is 13.0. The molecule has 1 unspecified atom stereocenters. The fraction of sp³-hybridized carbons (Fsp3) is 0.391. The summed E-state index contributed by atoms with van der Waals surface area (Å²) in [7, 11) is 0. The van der Waals surface area contributed by atoms with Gasteiger partial charge in [0.25, 0.3) is 5.91 Å². The first-order valence-electron chi connectivity index (χ1n) is 9.61. The lowest BCUT2D eigenvalue weighted by atomic mass is 10.1. The Balaban J connectivity index is 2.18. The van der Waals surface area contributed by atoms with Gasteiger partial charge in [-0.05, 0) is 70.0 Å². The van der Waals surface area contributed by atoms with E-state index in [0.717, 1.165) is 11.1 Å². The molecule has 2 aromatic carbocycles. The van der Waals surface area contributed by atoms with Crippen molar-refractivity contribution in [2.45, 2.75) is 52.7 Å². The minimum absolute atomic E-state index is 0.166. The molecule has 2 amide bonds. The van der Waals surface area contributed by atoms with Crippen LogP contribution in [-0.2, 0) is 16.1 Å². The van der Waals surface area contributed by atoms with Gasteiger partial charge in [-0.15, -0.1) is 0 Å². The summed E-state index contributed by atoms with van der Waals surface area (Å²) in [6.07, 6.45) is 0. The molecule has 0 spiro atoms. The quantitative estimate of drug-likeness (QED) is 0.729. The number of hydrogen-bond acceptors (Lipinski definition) is 3. The minimum Gasteiger partial charge on any atom is -0.484 e. The Morgan fingerprint density at radius 1 is 1.10 bits per heavy atom. The number of carbonyl (C=O) groups excluding carboxylic acids is 2. The van der Waals surface area contributed by atoms with E-state index >= 15 is 0 Å². The highest BCUT2D eigenvalue weighted by Gasteiger charge is 2.28. The van der Waals surface area contributed by atoms with Crippen molar-refractivity contribution in [2.75, 3.05) is 6.61 Å². The second kappa shape index (κ2) is 9.79. The molecular weight excluding hydrogens is 388 g/mol. The van der Waals surface area contributed by atoms with E-state index < -0.39 is 6.04 Å². The third kappa shape index (κ3) is 7.09. The van der Waals surface area contributed by atoms with Crippen molar-refractivity contribution in [2.24, 2.45) is 0 Å². The van der Waals surface area contributed by atoms with Gasteiger partial charge in [-0.1, -0.05) is 35.9 Å². The first-order valence-corrected chi connectivity index (χ1v) is 9.99. The fourth-order valence-corrected chi connectivity index (χ4v) is 2.91. The van der Waals surface area contributed by atoms with Crippen LogP contribution in [0.1, 0.15) is 38.8 Å². The van der Waals surface area contributed by atoms with Crippen LogP contribution in [0.3, 0.4) is 0 Å². The van der Waals surface area contributed by atoms with E-state index in [1.807, 2.05) is 52.0 Å². The zero-order valence-electron chi connectivity index (χ0n) is 17.7. The van der Waals surface area contributed by atoms with E-state index in [-0.39, 0.29) is 24.0 Å². The van der Waals surface area contributed by atoms with E-state index in [1.165, 1.54) is 0 Å². The van der Waals surface area contributed by atoms with E-state index in [9.17, 15) is 9.59 Å². The Bertz CT molecular complexity index is 844. The predicted octanol–water partition coefficient (Wildman–Crippen LogP) is 4.36. The average molecular weight is 417 g/mol. The summed E-state index contributed by atoms with van der Waals surface area (Å²) in [6.45, 7) is 9.62. The topological polar surface area (TPSA) is 58.6 Å². The molecule has 5 nitrogen and oxygen atoms in total. The molecule has 0 aliphatic rings. The summed E-state index contributed by atoms with van der Waals surface area (Å²) in [5.74, 6) is 0.0797. The van der Waals surface area contributed by atoms with Crippen LogP contribution in [0.25, 0.3) is 0 Å². The van der Waals surface area contributed by atoms with Gasteiger partial charge in [-0.2, -0.15) is 0 Å². The molecule has 1 atom stereocenters. The Labute approximate surface area is 178 Å². The monoisotopic (exact) mass is 416 g/mol. The average Bonchev–Trinajstić information content (AvgIpc) is 2.65. The van der Waals surface area contributed by atoms with Crippen LogP contribution in [0.2, 0.25) is 5.02 Å². The molecule has 0 bridgehead atoms. The van der Waals surface area contributed by atoms with Crippen LogP contribution in [-0.4, -0.2) is 34.9 Å². The normalized spacial score (nSPS) is 12.2. The molecule has 0 heterocycles. The van der Waals surface area contributed by atoms with E-state index in [4.69, 9.17) is 16.3 Å². The van der Waals surface area contributed by atoms with Crippen molar-refractivity contribution in [3.05, 3.63) is 64.7 Å². The van der Waals surface area contributed by atoms with Crippen LogP contribution in [0.15, 0.2) is 48.5 Å². The molecule has 6 heteroatoms. The first-order chi connectivity index (χ1) is 13.6. The van der Waals surface area contributed by atoms with Gasteiger partial charge < -0.3 is 15.0 Å². The summed E-state index contributed by atoms with van der Waals surface area (Å²) in [5.41, 5.74) is 1.66. The van der Waals surface area contributed by atoms with Crippen LogP contribution in [0.5, 0.6) is 5.75 Å². The SMILES string of the molecule is Cc1ccccc1CN(C(=O)COc1ccc(Cl)cc1)C(C)C(=O)NC(C)(C)C. The number of ether oxygens (including phenoxy) is 1. The van der Waals surface area contributed by atoms with Gasteiger partial charge in [0, 0.05) is 17.1 Å². The van der Waals surface area contributed by atoms with Gasteiger partial charge >= 0.3 is 0 Å². The second-order valence-corrected chi connectivity index (χ2v) is 8.54. The summed E-state index contributed by atoms with van der Waals surface area (Å²) in [5, 5.41) is 3.54. The minimum atomic E-state index is -0.643. The van der Waals surface area contributed by atoms with Crippen LogP contribution >= 0.6 is 11.6 Å². The third-order valence-corrected chi connectivity index (χ3v) is 4.70. The van der Waals surface area contributed by atoms with Crippen molar-refractivity contribution in [1.29, 1.82) is 0 Å². The number of hydrogen-bond donors (Lipinski definition) is 1. The zero-order chi connectivity index (χ0) is 21.6. The van der Waals surface area contributed by atoms with Crippen molar-refractivity contribution in [3.63, 3.8) is 0 Å². The van der Waals surface area contributed by atoms with Gasteiger partial charge in [-0.25, -0.2) is 0 Å². The highest BCUT2D eigenvalue weighted by atomic mass is 35.5. The number of benzene rings is 2. The van der Waals surface area contributed by atoms with Crippen LogP contribution < -0.4 is 10.1 Å². The number of amides is 2. The van der Waals surface area contributed by atoms with Crippen molar-refractivity contribution in [1.82, 2.24) is 10.2 Å².